The third-order valence-electron chi connectivity index (χ3n) is 6.80. The van der Waals surface area contributed by atoms with Crippen LogP contribution in [0.1, 0.15) is 49.3 Å². The van der Waals surface area contributed by atoms with Crippen LogP contribution in [0, 0.1) is 6.92 Å². The van der Waals surface area contributed by atoms with E-state index in [0.717, 1.165) is 22.4 Å². The Morgan fingerprint density at radius 1 is 1.00 bits per heavy atom. The van der Waals surface area contributed by atoms with Gasteiger partial charge in [0.15, 0.2) is 6.10 Å². The van der Waals surface area contributed by atoms with Gasteiger partial charge in [-0.2, -0.15) is 0 Å². The molecule has 3 aromatic rings. The van der Waals surface area contributed by atoms with E-state index in [2.05, 4.69) is 10.3 Å². The molecule has 2 aliphatic heterocycles. The normalized spacial score (nSPS) is 18.5. The Bertz CT molecular complexity index is 1490. The number of amides is 2. The van der Waals surface area contributed by atoms with Crippen molar-refractivity contribution in [3.8, 4) is 0 Å². The fourth-order valence-electron chi connectivity index (χ4n) is 4.80. The number of esters is 1. The molecule has 2 aromatic carbocycles. The number of alkyl carbamates (subject to hydrolysis) is 1. The number of thioether (sulfide) groups is 1. The number of ether oxygens (including phenoxy) is 2. The molecule has 9 heteroatoms. The van der Waals surface area contributed by atoms with E-state index < -0.39 is 41.1 Å². The maximum absolute atomic E-state index is 14.1. The van der Waals surface area contributed by atoms with Gasteiger partial charge in [-0.1, -0.05) is 78.9 Å². The first-order valence-corrected chi connectivity index (χ1v) is 14.7. The zero-order chi connectivity index (χ0) is 29.9. The minimum atomic E-state index is -0.821. The molecule has 0 spiro atoms. The molecule has 1 aromatic heterocycles. The van der Waals surface area contributed by atoms with Crippen molar-refractivity contribution in [1.82, 2.24) is 15.2 Å². The zero-order valence-corrected chi connectivity index (χ0v) is 24.8. The van der Waals surface area contributed by atoms with Crippen LogP contribution < -0.4 is 5.32 Å². The van der Waals surface area contributed by atoms with Crippen LogP contribution in [0.4, 0.5) is 4.79 Å². The maximum atomic E-state index is 14.1. The Morgan fingerprint density at radius 3 is 2.24 bits per heavy atom. The summed E-state index contributed by atoms with van der Waals surface area (Å²) in [6.07, 6.45) is 4.09. The first-order valence-electron chi connectivity index (χ1n) is 13.7. The fourth-order valence-corrected chi connectivity index (χ4v) is 6.12. The third-order valence-corrected chi connectivity index (χ3v) is 8.11. The molecule has 5 rings (SSSR count). The summed E-state index contributed by atoms with van der Waals surface area (Å²) in [5.74, 6) is -0.586. The van der Waals surface area contributed by atoms with Gasteiger partial charge in [0.05, 0.1) is 0 Å². The number of pyridine rings is 1. The fraction of sp³-hybridized carbons (Fsp3) is 0.273. The minimum Gasteiger partial charge on any atom is -0.448 e. The van der Waals surface area contributed by atoms with Gasteiger partial charge in [0.2, 0.25) is 0 Å². The van der Waals surface area contributed by atoms with Gasteiger partial charge in [-0.15, -0.1) is 11.8 Å². The van der Waals surface area contributed by atoms with E-state index in [-0.39, 0.29) is 5.70 Å². The molecule has 8 nitrogen and oxygen atoms in total. The summed E-state index contributed by atoms with van der Waals surface area (Å²) < 4.78 is 11.6. The van der Waals surface area contributed by atoms with E-state index in [1.807, 2.05) is 91.9 Å². The molecule has 216 valence electrons. The lowest BCUT2D eigenvalue weighted by Gasteiger charge is -2.49. The van der Waals surface area contributed by atoms with Gasteiger partial charge in [0.1, 0.15) is 22.7 Å². The Kier molecular flexibility index (Phi) is 8.49. The Hall–Kier alpha value is -4.37. The number of allylic oxidation sites excluding steroid dienone is 1. The van der Waals surface area contributed by atoms with Gasteiger partial charge in [-0.05, 0) is 56.0 Å². The average molecular weight is 584 g/mol. The molecule has 0 unspecified atom stereocenters. The van der Waals surface area contributed by atoms with E-state index >= 15 is 0 Å². The number of rotatable bonds is 7. The average Bonchev–Trinajstić information content (AvgIpc) is 2.97. The number of nitrogens with one attached hydrogen (secondary N) is 1. The lowest BCUT2D eigenvalue weighted by molar-refractivity contribution is -0.153. The molecule has 2 atom stereocenters. The Labute approximate surface area is 249 Å². The number of carbonyl (C=O) groups is 3. The van der Waals surface area contributed by atoms with Crippen LogP contribution >= 0.6 is 11.8 Å². The first-order chi connectivity index (χ1) is 20.1. The minimum absolute atomic E-state index is 0.167. The van der Waals surface area contributed by atoms with E-state index in [0.29, 0.717) is 11.3 Å². The molecule has 0 aliphatic carbocycles. The number of nitrogens with zero attached hydrogens (tertiary/aromatic N) is 2. The summed E-state index contributed by atoms with van der Waals surface area (Å²) in [7, 11) is 0. The van der Waals surface area contributed by atoms with Crippen molar-refractivity contribution >= 4 is 35.8 Å². The molecule has 1 N–H and O–H groups in total. The summed E-state index contributed by atoms with van der Waals surface area (Å²) in [5, 5.41) is 2.20. The van der Waals surface area contributed by atoms with Crippen molar-refractivity contribution in [2.24, 2.45) is 0 Å². The van der Waals surface area contributed by atoms with Crippen LogP contribution in [-0.4, -0.2) is 50.6 Å². The van der Waals surface area contributed by atoms with Gasteiger partial charge in [0, 0.05) is 17.6 Å². The second-order valence-electron chi connectivity index (χ2n) is 11.0. The molecule has 1 fully saturated rings. The molecule has 0 bridgehead atoms. The van der Waals surface area contributed by atoms with Crippen LogP contribution in [-0.2, 0) is 19.1 Å². The quantitative estimate of drug-likeness (QED) is 0.277. The number of hydrogen-bond donors (Lipinski definition) is 1. The number of aryl methyl sites for hydroxylation is 1. The molecule has 1 saturated heterocycles. The van der Waals surface area contributed by atoms with E-state index in [1.54, 1.807) is 27.0 Å². The molecule has 42 heavy (non-hydrogen) atoms. The Morgan fingerprint density at radius 2 is 1.64 bits per heavy atom. The zero-order valence-electron chi connectivity index (χ0n) is 23.9. The topological polar surface area (TPSA) is 97.8 Å². The summed E-state index contributed by atoms with van der Waals surface area (Å²) in [6.45, 7) is 7.18. The van der Waals surface area contributed by atoms with Crippen LogP contribution in [0.15, 0.2) is 96.3 Å². The molecule has 2 amide bonds. The standard InChI is InChI=1S/C33H33N3O5S/c1-21-22(16-11-19-34-21)17-18-25-20-42-30-26(35-32(39)41-33(2,3)4)29(37)36(30)27(25)31(38)40-28(23-12-7-5-8-13-23)24-14-9-6-10-15-24/h5-19,26,28,30H,20H2,1-4H3,(H,35,39)/b18-17-/t26-,30+/m1/s1. The van der Waals surface area contributed by atoms with Crippen molar-refractivity contribution in [1.29, 1.82) is 0 Å². The van der Waals surface area contributed by atoms with Crippen molar-refractivity contribution in [3.05, 3.63) is 119 Å². The number of benzene rings is 2. The Balaban J connectivity index is 1.48. The highest BCUT2D eigenvalue weighted by Crippen LogP contribution is 2.42. The first kappa shape index (κ1) is 29.1. The lowest BCUT2D eigenvalue weighted by Crippen LogP contribution is -2.70. The number of fused-ring (bicyclic) bond motifs is 1. The summed E-state index contributed by atoms with van der Waals surface area (Å²) >= 11 is 1.47. The third kappa shape index (κ3) is 6.41. The molecule has 3 heterocycles. The number of β-lactam (4-membered cyclic amide) rings is 1. The maximum Gasteiger partial charge on any atom is 0.408 e. The highest BCUT2D eigenvalue weighted by Gasteiger charge is 2.54. The molecular weight excluding hydrogens is 550 g/mol. The summed E-state index contributed by atoms with van der Waals surface area (Å²) in [4.78, 5) is 45.8. The number of aromatic nitrogens is 1. The van der Waals surface area contributed by atoms with Crippen LogP contribution in [0.2, 0.25) is 0 Å². The van der Waals surface area contributed by atoms with E-state index in [4.69, 9.17) is 9.47 Å². The van der Waals surface area contributed by atoms with Crippen molar-refractivity contribution in [2.45, 2.75) is 50.8 Å². The smallest absolute Gasteiger partial charge is 0.408 e. The highest BCUT2D eigenvalue weighted by molar-refractivity contribution is 8.00. The van der Waals surface area contributed by atoms with Crippen LogP contribution in [0.5, 0.6) is 0 Å². The lowest BCUT2D eigenvalue weighted by atomic mass is 10.0. The summed E-state index contributed by atoms with van der Waals surface area (Å²) in [5.41, 5.74) is 3.46. The summed E-state index contributed by atoms with van der Waals surface area (Å²) in [6, 6.07) is 21.9. The SMILES string of the molecule is Cc1ncccc1/C=C\C1=C(C(=O)OC(c2ccccc2)c2ccccc2)N2C(=O)[C@@H](NC(=O)OC(C)(C)C)[C@@H]2SC1. The van der Waals surface area contributed by atoms with E-state index in [9.17, 15) is 14.4 Å². The van der Waals surface area contributed by atoms with Crippen LogP contribution in [0.3, 0.4) is 0 Å². The van der Waals surface area contributed by atoms with Gasteiger partial charge in [0.25, 0.3) is 5.91 Å². The van der Waals surface area contributed by atoms with Crippen molar-refractivity contribution < 1.29 is 23.9 Å². The second kappa shape index (κ2) is 12.2. The van der Waals surface area contributed by atoms with Crippen LogP contribution in [0.25, 0.3) is 6.08 Å². The number of carbonyl (C=O) groups excluding carboxylic acids is 3. The monoisotopic (exact) mass is 583 g/mol. The molecular formula is C33H33N3O5S. The second-order valence-corrected chi connectivity index (χ2v) is 12.1. The molecule has 0 saturated carbocycles. The van der Waals surface area contributed by atoms with Gasteiger partial charge in [-0.3, -0.25) is 14.7 Å². The predicted molar refractivity (Wildman–Crippen MR) is 162 cm³/mol. The van der Waals surface area contributed by atoms with Gasteiger partial charge in [-0.25, -0.2) is 9.59 Å². The van der Waals surface area contributed by atoms with E-state index in [1.165, 1.54) is 16.7 Å². The number of hydrogen-bond acceptors (Lipinski definition) is 7. The van der Waals surface area contributed by atoms with Gasteiger partial charge < -0.3 is 14.8 Å². The highest BCUT2D eigenvalue weighted by atomic mass is 32.2. The van der Waals surface area contributed by atoms with Crippen molar-refractivity contribution in [3.63, 3.8) is 0 Å². The molecule has 2 aliphatic rings. The predicted octanol–water partition coefficient (Wildman–Crippen LogP) is 5.80. The van der Waals surface area contributed by atoms with Crippen molar-refractivity contribution in [2.75, 3.05) is 5.75 Å². The largest absolute Gasteiger partial charge is 0.448 e. The van der Waals surface area contributed by atoms with Gasteiger partial charge >= 0.3 is 12.1 Å². The molecule has 0 radical (unpaired) electrons.